The number of ether oxygens (including phenoxy) is 1. The van der Waals surface area contributed by atoms with Crippen LogP contribution >= 0.6 is 0 Å². The molecule has 1 saturated heterocycles. The lowest BCUT2D eigenvalue weighted by atomic mass is 10.0. The highest BCUT2D eigenvalue weighted by atomic mass is 19.1. The highest BCUT2D eigenvalue weighted by molar-refractivity contribution is 5.23. The first kappa shape index (κ1) is 12.5. The molecule has 2 unspecified atom stereocenters. The molecule has 2 atom stereocenters. The van der Waals surface area contributed by atoms with Gasteiger partial charge >= 0.3 is 0 Å². The minimum Gasteiger partial charge on any atom is -0.378 e. The summed E-state index contributed by atoms with van der Waals surface area (Å²) in [6.07, 6.45) is 1.47. The Kier molecular flexibility index (Phi) is 4.13. The lowest BCUT2D eigenvalue weighted by molar-refractivity contribution is 0.105. The molecule has 1 aliphatic rings. The quantitative estimate of drug-likeness (QED) is 0.869. The molecule has 2 nitrogen and oxygen atoms in total. The summed E-state index contributed by atoms with van der Waals surface area (Å²) in [7, 11) is 0. The van der Waals surface area contributed by atoms with Crippen LogP contribution in [0.1, 0.15) is 24.5 Å². The molecule has 0 radical (unpaired) electrons. The van der Waals surface area contributed by atoms with E-state index in [-0.39, 0.29) is 5.82 Å². The molecule has 0 bridgehead atoms. The monoisotopic (exact) mass is 237 g/mol. The van der Waals surface area contributed by atoms with Crippen LogP contribution < -0.4 is 5.32 Å². The van der Waals surface area contributed by atoms with Crippen LogP contribution in [0, 0.1) is 18.7 Å². The van der Waals surface area contributed by atoms with E-state index in [0.717, 1.165) is 31.7 Å². The molecule has 17 heavy (non-hydrogen) atoms. The summed E-state index contributed by atoms with van der Waals surface area (Å²) in [5, 5.41) is 3.37. The Morgan fingerprint density at radius 1 is 1.47 bits per heavy atom. The number of halogens is 1. The van der Waals surface area contributed by atoms with Crippen LogP contribution in [0.2, 0.25) is 0 Å². The van der Waals surface area contributed by atoms with Gasteiger partial charge in [0.1, 0.15) is 5.82 Å². The Morgan fingerprint density at radius 3 is 2.94 bits per heavy atom. The molecule has 0 aromatic heterocycles. The van der Waals surface area contributed by atoms with Crippen molar-refractivity contribution in [2.75, 3.05) is 13.2 Å². The van der Waals surface area contributed by atoms with E-state index < -0.39 is 0 Å². The third-order valence-electron chi connectivity index (χ3n) is 3.51. The van der Waals surface area contributed by atoms with Crippen molar-refractivity contribution < 1.29 is 9.13 Å². The van der Waals surface area contributed by atoms with Gasteiger partial charge < -0.3 is 10.1 Å². The lowest BCUT2D eigenvalue weighted by Gasteiger charge is -2.14. The van der Waals surface area contributed by atoms with Crippen molar-refractivity contribution in [2.24, 2.45) is 5.92 Å². The van der Waals surface area contributed by atoms with Crippen molar-refractivity contribution >= 4 is 0 Å². The van der Waals surface area contributed by atoms with Crippen LogP contribution in [0.4, 0.5) is 4.39 Å². The molecule has 2 rings (SSSR count). The van der Waals surface area contributed by atoms with Gasteiger partial charge in [-0.1, -0.05) is 12.1 Å². The topological polar surface area (TPSA) is 21.3 Å². The van der Waals surface area contributed by atoms with Crippen molar-refractivity contribution in [1.29, 1.82) is 0 Å². The van der Waals surface area contributed by atoms with Crippen molar-refractivity contribution in [3.05, 3.63) is 35.1 Å². The molecule has 0 spiro atoms. The summed E-state index contributed by atoms with van der Waals surface area (Å²) in [6.45, 7) is 6.43. The number of hydrogen-bond acceptors (Lipinski definition) is 2. The average molecular weight is 237 g/mol. The fourth-order valence-electron chi connectivity index (χ4n) is 2.19. The number of benzene rings is 1. The van der Waals surface area contributed by atoms with Crippen molar-refractivity contribution in [3.8, 4) is 0 Å². The molecule has 1 fully saturated rings. The van der Waals surface area contributed by atoms with Gasteiger partial charge in [0.25, 0.3) is 0 Å². The predicted octanol–water partition coefficient (Wildman–Crippen LogP) is 2.65. The smallest absolute Gasteiger partial charge is 0.126 e. The summed E-state index contributed by atoms with van der Waals surface area (Å²) in [4.78, 5) is 0. The molecule has 3 heteroatoms. The van der Waals surface area contributed by atoms with Crippen LogP contribution in [0.3, 0.4) is 0 Å². The molecule has 0 saturated carbocycles. The lowest BCUT2D eigenvalue weighted by Crippen LogP contribution is -2.26. The van der Waals surface area contributed by atoms with Gasteiger partial charge in [-0.25, -0.2) is 4.39 Å². The minimum absolute atomic E-state index is 0.123. The summed E-state index contributed by atoms with van der Waals surface area (Å²) >= 11 is 0. The number of nitrogens with one attached hydrogen (secondary N) is 1. The molecular weight excluding hydrogens is 217 g/mol. The Labute approximate surface area is 102 Å². The van der Waals surface area contributed by atoms with Gasteiger partial charge in [-0.05, 0) is 43.4 Å². The maximum Gasteiger partial charge on any atom is 0.126 e. The van der Waals surface area contributed by atoms with E-state index in [4.69, 9.17) is 4.74 Å². The Balaban J connectivity index is 1.79. The second-order valence-corrected chi connectivity index (χ2v) is 4.84. The second-order valence-electron chi connectivity index (χ2n) is 4.84. The maximum atomic E-state index is 13.3. The molecular formula is C14H20FNO. The molecule has 1 heterocycles. The van der Waals surface area contributed by atoms with Gasteiger partial charge in [0.05, 0.1) is 6.10 Å². The Morgan fingerprint density at radius 2 is 2.29 bits per heavy atom. The standard InChI is InChI=1S/C14H20FNO/c1-10-3-4-12(7-14(10)15)8-16-9-13-5-6-17-11(13)2/h3-4,7,11,13,16H,5-6,8-9H2,1-2H3. The fourth-order valence-corrected chi connectivity index (χ4v) is 2.19. The van der Waals surface area contributed by atoms with E-state index in [1.165, 1.54) is 0 Å². The summed E-state index contributed by atoms with van der Waals surface area (Å²) in [5.74, 6) is 0.465. The van der Waals surface area contributed by atoms with E-state index in [9.17, 15) is 4.39 Å². The van der Waals surface area contributed by atoms with Gasteiger partial charge in [-0.2, -0.15) is 0 Å². The predicted molar refractivity (Wildman–Crippen MR) is 66.4 cm³/mol. The number of hydrogen-bond donors (Lipinski definition) is 1. The van der Waals surface area contributed by atoms with Crippen LogP contribution in [-0.2, 0) is 11.3 Å². The molecule has 1 aromatic rings. The van der Waals surface area contributed by atoms with Crippen LogP contribution in [0.25, 0.3) is 0 Å². The zero-order valence-corrected chi connectivity index (χ0v) is 10.5. The van der Waals surface area contributed by atoms with Gasteiger partial charge in [0.15, 0.2) is 0 Å². The van der Waals surface area contributed by atoms with Gasteiger partial charge in [0.2, 0.25) is 0 Å². The van der Waals surface area contributed by atoms with Gasteiger partial charge in [-0.15, -0.1) is 0 Å². The summed E-state index contributed by atoms with van der Waals surface area (Å²) in [6, 6.07) is 5.41. The SMILES string of the molecule is Cc1ccc(CNCC2CCOC2C)cc1F. The molecule has 1 aromatic carbocycles. The van der Waals surface area contributed by atoms with E-state index in [1.54, 1.807) is 13.0 Å². The van der Waals surface area contributed by atoms with E-state index in [0.29, 0.717) is 17.6 Å². The Hall–Kier alpha value is -0.930. The zero-order valence-electron chi connectivity index (χ0n) is 10.5. The van der Waals surface area contributed by atoms with Crippen molar-refractivity contribution in [2.45, 2.75) is 32.9 Å². The Bertz CT molecular complexity index is 380. The largest absolute Gasteiger partial charge is 0.378 e. The molecule has 0 aliphatic carbocycles. The van der Waals surface area contributed by atoms with E-state index in [2.05, 4.69) is 12.2 Å². The van der Waals surface area contributed by atoms with Crippen LogP contribution in [0.5, 0.6) is 0 Å². The number of rotatable bonds is 4. The summed E-state index contributed by atoms with van der Waals surface area (Å²) in [5.41, 5.74) is 1.70. The van der Waals surface area contributed by atoms with Crippen molar-refractivity contribution in [3.63, 3.8) is 0 Å². The minimum atomic E-state index is -0.123. The number of aryl methyl sites for hydroxylation is 1. The molecule has 1 aliphatic heterocycles. The second kappa shape index (κ2) is 5.61. The van der Waals surface area contributed by atoms with Crippen LogP contribution in [0.15, 0.2) is 18.2 Å². The third kappa shape index (κ3) is 3.27. The highest BCUT2D eigenvalue weighted by Gasteiger charge is 2.23. The van der Waals surface area contributed by atoms with E-state index >= 15 is 0 Å². The van der Waals surface area contributed by atoms with Crippen molar-refractivity contribution in [1.82, 2.24) is 5.32 Å². The first-order chi connectivity index (χ1) is 8.16. The summed E-state index contributed by atoms with van der Waals surface area (Å²) < 4.78 is 18.8. The fraction of sp³-hybridized carbons (Fsp3) is 0.571. The maximum absolute atomic E-state index is 13.3. The van der Waals surface area contributed by atoms with Gasteiger partial charge in [0, 0.05) is 19.7 Å². The van der Waals surface area contributed by atoms with Gasteiger partial charge in [-0.3, -0.25) is 0 Å². The first-order valence-electron chi connectivity index (χ1n) is 6.24. The first-order valence-corrected chi connectivity index (χ1v) is 6.24. The van der Waals surface area contributed by atoms with E-state index in [1.807, 2.05) is 12.1 Å². The third-order valence-corrected chi connectivity index (χ3v) is 3.51. The molecule has 94 valence electrons. The normalized spacial score (nSPS) is 24.2. The molecule has 1 N–H and O–H groups in total. The van der Waals surface area contributed by atoms with Crippen LogP contribution in [-0.4, -0.2) is 19.3 Å². The highest BCUT2D eigenvalue weighted by Crippen LogP contribution is 2.19. The average Bonchev–Trinajstić information content (AvgIpc) is 2.70. The zero-order chi connectivity index (χ0) is 12.3. The molecule has 0 amide bonds.